The number of carbonyl (C=O) groups is 1. The number of aryl methyl sites for hydroxylation is 1. The predicted octanol–water partition coefficient (Wildman–Crippen LogP) is 1.82. The number of nitro benzene ring substituents is 1. The monoisotopic (exact) mass is 305 g/mol. The third-order valence-electron chi connectivity index (χ3n) is 3.08. The molecule has 9 heteroatoms. The maximum absolute atomic E-state index is 12.2. The SMILES string of the molecule is Cc1cc2sc3ncc(C(=O)O)c(=O)n3c2cc1[N+](=O)[O-]. The molecular weight excluding hydrogens is 298 g/mol. The lowest BCUT2D eigenvalue weighted by molar-refractivity contribution is -0.385. The molecule has 106 valence electrons. The van der Waals surface area contributed by atoms with Gasteiger partial charge in [-0.2, -0.15) is 0 Å². The van der Waals surface area contributed by atoms with Gasteiger partial charge in [-0.15, -0.1) is 0 Å². The van der Waals surface area contributed by atoms with Gasteiger partial charge in [0.05, 0.1) is 21.3 Å². The Labute approximate surface area is 120 Å². The average molecular weight is 305 g/mol. The molecule has 0 aliphatic heterocycles. The number of benzene rings is 1. The molecular formula is C12H7N3O5S. The summed E-state index contributed by atoms with van der Waals surface area (Å²) in [6, 6.07) is 2.86. The lowest BCUT2D eigenvalue weighted by Crippen LogP contribution is -2.21. The highest BCUT2D eigenvalue weighted by molar-refractivity contribution is 7.23. The third-order valence-corrected chi connectivity index (χ3v) is 4.09. The van der Waals surface area contributed by atoms with Crippen molar-refractivity contribution in [2.24, 2.45) is 0 Å². The second-order valence-electron chi connectivity index (χ2n) is 4.37. The number of carboxylic acid groups (broad SMARTS) is 1. The van der Waals surface area contributed by atoms with Crippen LogP contribution in [-0.4, -0.2) is 25.4 Å². The summed E-state index contributed by atoms with van der Waals surface area (Å²) in [6.07, 6.45) is 0.997. The number of hydrogen-bond donors (Lipinski definition) is 1. The molecule has 0 aliphatic rings. The second-order valence-corrected chi connectivity index (χ2v) is 5.37. The zero-order chi connectivity index (χ0) is 15.3. The van der Waals surface area contributed by atoms with Crippen LogP contribution in [0.4, 0.5) is 5.69 Å². The molecule has 8 nitrogen and oxygen atoms in total. The van der Waals surface area contributed by atoms with Crippen LogP contribution in [0.3, 0.4) is 0 Å². The summed E-state index contributed by atoms with van der Waals surface area (Å²) in [7, 11) is 0. The lowest BCUT2D eigenvalue weighted by atomic mass is 10.2. The van der Waals surface area contributed by atoms with Crippen molar-refractivity contribution >= 4 is 38.2 Å². The first kappa shape index (κ1) is 13.2. The summed E-state index contributed by atoms with van der Waals surface area (Å²) in [5, 5.41) is 20.0. The van der Waals surface area contributed by atoms with Crippen molar-refractivity contribution in [1.29, 1.82) is 0 Å². The molecule has 3 aromatic rings. The molecule has 1 N–H and O–H groups in total. The van der Waals surface area contributed by atoms with E-state index < -0.39 is 22.0 Å². The van der Waals surface area contributed by atoms with Crippen LogP contribution in [0.15, 0.2) is 23.1 Å². The fraction of sp³-hybridized carbons (Fsp3) is 0.0833. The third kappa shape index (κ3) is 1.86. The fourth-order valence-electron chi connectivity index (χ4n) is 2.08. The Kier molecular flexibility index (Phi) is 2.73. The fourth-order valence-corrected chi connectivity index (χ4v) is 3.15. The van der Waals surface area contributed by atoms with Crippen molar-refractivity contribution in [3.05, 3.63) is 49.9 Å². The highest BCUT2D eigenvalue weighted by Crippen LogP contribution is 2.30. The minimum atomic E-state index is -1.39. The van der Waals surface area contributed by atoms with E-state index in [2.05, 4.69) is 4.98 Å². The number of thiazole rings is 1. The summed E-state index contributed by atoms with van der Waals surface area (Å²) in [5.41, 5.74) is -0.611. The highest BCUT2D eigenvalue weighted by Gasteiger charge is 2.19. The molecule has 0 radical (unpaired) electrons. The molecule has 0 aliphatic carbocycles. The summed E-state index contributed by atoms with van der Waals surface area (Å²) in [6.45, 7) is 1.60. The van der Waals surface area contributed by atoms with Gasteiger partial charge in [-0.05, 0) is 13.0 Å². The molecule has 0 unspecified atom stereocenters. The van der Waals surface area contributed by atoms with Crippen LogP contribution in [0, 0.1) is 17.0 Å². The van der Waals surface area contributed by atoms with Crippen LogP contribution < -0.4 is 5.56 Å². The van der Waals surface area contributed by atoms with Gasteiger partial charge in [0.2, 0.25) is 0 Å². The first-order valence-electron chi connectivity index (χ1n) is 5.72. The largest absolute Gasteiger partial charge is 0.477 e. The average Bonchev–Trinajstić information content (AvgIpc) is 2.75. The Morgan fingerprint density at radius 3 is 2.81 bits per heavy atom. The van der Waals surface area contributed by atoms with Gasteiger partial charge in [-0.3, -0.25) is 14.9 Å². The Morgan fingerprint density at radius 2 is 2.19 bits per heavy atom. The molecule has 2 heterocycles. The molecule has 3 rings (SSSR count). The molecule has 0 spiro atoms. The normalized spacial score (nSPS) is 11.1. The smallest absolute Gasteiger partial charge is 0.342 e. The van der Waals surface area contributed by atoms with E-state index in [1.807, 2.05) is 0 Å². The van der Waals surface area contributed by atoms with Gasteiger partial charge in [0.1, 0.15) is 5.56 Å². The number of aromatic carboxylic acids is 1. The number of aromatic nitrogens is 2. The van der Waals surface area contributed by atoms with E-state index in [1.165, 1.54) is 17.4 Å². The molecule has 0 atom stereocenters. The first-order valence-corrected chi connectivity index (χ1v) is 6.54. The molecule has 2 aromatic heterocycles. The van der Waals surface area contributed by atoms with Gasteiger partial charge in [0.15, 0.2) is 4.96 Å². The lowest BCUT2D eigenvalue weighted by Gasteiger charge is -1.99. The molecule has 0 bridgehead atoms. The van der Waals surface area contributed by atoms with E-state index in [1.54, 1.807) is 13.0 Å². The Bertz CT molecular complexity index is 988. The molecule has 21 heavy (non-hydrogen) atoms. The summed E-state index contributed by atoms with van der Waals surface area (Å²) >= 11 is 1.17. The van der Waals surface area contributed by atoms with Crippen molar-refractivity contribution in [3.63, 3.8) is 0 Å². The second kappa shape index (κ2) is 4.35. The van der Waals surface area contributed by atoms with Crippen LogP contribution in [0.25, 0.3) is 15.2 Å². The number of nitro groups is 1. The number of fused-ring (bicyclic) bond motifs is 3. The minimum Gasteiger partial charge on any atom is -0.477 e. The Morgan fingerprint density at radius 1 is 1.48 bits per heavy atom. The number of nitrogens with zero attached hydrogens (tertiary/aromatic N) is 3. The van der Waals surface area contributed by atoms with Crippen LogP contribution in [0.1, 0.15) is 15.9 Å². The van der Waals surface area contributed by atoms with Gasteiger partial charge in [-0.1, -0.05) is 11.3 Å². The van der Waals surface area contributed by atoms with Crippen molar-refractivity contribution in [3.8, 4) is 0 Å². The molecule has 0 fully saturated rings. The van der Waals surface area contributed by atoms with Gasteiger partial charge < -0.3 is 5.11 Å². The molecule has 1 aromatic carbocycles. The van der Waals surface area contributed by atoms with Crippen LogP contribution in [0.5, 0.6) is 0 Å². The van der Waals surface area contributed by atoms with Crippen LogP contribution in [0.2, 0.25) is 0 Å². The zero-order valence-corrected chi connectivity index (χ0v) is 11.4. The minimum absolute atomic E-state index is 0.130. The van der Waals surface area contributed by atoms with Crippen molar-refractivity contribution in [2.75, 3.05) is 0 Å². The van der Waals surface area contributed by atoms with E-state index >= 15 is 0 Å². The number of carboxylic acids is 1. The van der Waals surface area contributed by atoms with Crippen LogP contribution >= 0.6 is 11.3 Å². The van der Waals surface area contributed by atoms with Crippen LogP contribution in [-0.2, 0) is 0 Å². The van der Waals surface area contributed by atoms with Gasteiger partial charge in [-0.25, -0.2) is 14.2 Å². The molecule has 0 saturated heterocycles. The highest BCUT2D eigenvalue weighted by atomic mass is 32.1. The Balaban J connectivity index is 2.51. The van der Waals surface area contributed by atoms with E-state index in [9.17, 15) is 19.7 Å². The van der Waals surface area contributed by atoms with E-state index in [0.29, 0.717) is 15.2 Å². The topological polar surface area (TPSA) is 115 Å². The summed E-state index contributed by atoms with van der Waals surface area (Å²) < 4.78 is 1.72. The van der Waals surface area contributed by atoms with Gasteiger partial charge in [0, 0.05) is 11.6 Å². The van der Waals surface area contributed by atoms with E-state index in [4.69, 9.17) is 5.11 Å². The predicted molar refractivity (Wildman–Crippen MR) is 75.2 cm³/mol. The summed E-state index contributed by atoms with van der Waals surface area (Å²) in [5.74, 6) is -1.39. The Hall–Kier alpha value is -2.81. The first-order chi connectivity index (χ1) is 9.90. The standard InChI is InChI=1S/C12H7N3O5S/c1-5-2-9-8(3-7(5)15(19)20)14-10(16)6(11(17)18)4-13-12(14)21-9/h2-4H,1H3,(H,17,18). The summed E-state index contributed by atoms with van der Waals surface area (Å²) in [4.78, 5) is 37.9. The van der Waals surface area contributed by atoms with Gasteiger partial charge in [0.25, 0.3) is 11.2 Å². The maximum Gasteiger partial charge on any atom is 0.342 e. The van der Waals surface area contributed by atoms with Crippen molar-refractivity contribution < 1.29 is 14.8 Å². The van der Waals surface area contributed by atoms with Crippen molar-refractivity contribution in [1.82, 2.24) is 9.38 Å². The zero-order valence-electron chi connectivity index (χ0n) is 10.6. The van der Waals surface area contributed by atoms with Crippen molar-refractivity contribution in [2.45, 2.75) is 6.92 Å². The maximum atomic E-state index is 12.2. The van der Waals surface area contributed by atoms with Gasteiger partial charge >= 0.3 is 5.97 Å². The molecule has 0 saturated carbocycles. The molecule has 0 amide bonds. The number of hydrogen-bond acceptors (Lipinski definition) is 6. The quantitative estimate of drug-likeness (QED) is 0.570. The number of rotatable bonds is 2. The van der Waals surface area contributed by atoms with E-state index in [-0.39, 0.29) is 11.2 Å². The van der Waals surface area contributed by atoms with E-state index in [0.717, 1.165) is 10.6 Å².